The summed E-state index contributed by atoms with van der Waals surface area (Å²) in [6.07, 6.45) is 2.93. The highest BCUT2D eigenvalue weighted by Gasteiger charge is 2.19. The summed E-state index contributed by atoms with van der Waals surface area (Å²) in [5.74, 6) is 0.484. The first-order valence-electron chi connectivity index (χ1n) is 5.64. The highest BCUT2D eigenvalue weighted by molar-refractivity contribution is 5.68. The highest BCUT2D eigenvalue weighted by Crippen LogP contribution is 2.16. The van der Waals surface area contributed by atoms with Gasteiger partial charge in [-0.2, -0.15) is 0 Å². The van der Waals surface area contributed by atoms with Crippen molar-refractivity contribution in [3.63, 3.8) is 0 Å². The van der Waals surface area contributed by atoms with Gasteiger partial charge in [0, 0.05) is 18.9 Å². The monoisotopic (exact) mass is 199 g/mol. The first-order valence-corrected chi connectivity index (χ1v) is 5.64. The van der Waals surface area contributed by atoms with Gasteiger partial charge in [-0.05, 0) is 25.9 Å². The van der Waals surface area contributed by atoms with E-state index in [-0.39, 0.29) is 5.97 Å². The summed E-state index contributed by atoms with van der Waals surface area (Å²) in [5, 5.41) is 0. The van der Waals surface area contributed by atoms with E-state index in [0.29, 0.717) is 18.9 Å². The van der Waals surface area contributed by atoms with Crippen LogP contribution in [-0.2, 0) is 9.53 Å². The SMILES string of the molecule is CCC(=O)OC[C@H]1CCCN(CC)C1. The molecule has 1 saturated heterocycles. The van der Waals surface area contributed by atoms with E-state index in [1.165, 1.54) is 19.4 Å². The molecule has 3 nitrogen and oxygen atoms in total. The van der Waals surface area contributed by atoms with Crippen LogP contribution in [0.15, 0.2) is 0 Å². The summed E-state index contributed by atoms with van der Waals surface area (Å²) in [6, 6.07) is 0. The number of carbonyl (C=O) groups excluding carboxylic acids is 1. The molecule has 1 heterocycles. The van der Waals surface area contributed by atoms with Gasteiger partial charge in [0.2, 0.25) is 0 Å². The second kappa shape index (κ2) is 6.02. The van der Waals surface area contributed by atoms with Crippen molar-refractivity contribution in [2.24, 2.45) is 5.92 Å². The topological polar surface area (TPSA) is 29.5 Å². The second-order valence-corrected chi connectivity index (χ2v) is 3.94. The third kappa shape index (κ3) is 3.66. The zero-order valence-corrected chi connectivity index (χ0v) is 9.29. The molecule has 1 fully saturated rings. The number of nitrogens with zero attached hydrogens (tertiary/aromatic N) is 1. The molecule has 0 aromatic heterocycles. The number of piperidine rings is 1. The number of carbonyl (C=O) groups is 1. The van der Waals surface area contributed by atoms with Gasteiger partial charge in [-0.25, -0.2) is 0 Å². The number of esters is 1. The molecule has 1 atom stereocenters. The zero-order chi connectivity index (χ0) is 10.4. The molecule has 0 unspecified atom stereocenters. The molecule has 0 N–H and O–H groups in total. The molecule has 3 heteroatoms. The summed E-state index contributed by atoms with van der Waals surface area (Å²) in [6.45, 7) is 8.03. The lowest BCUT2D eigenvalue weighted by Gasteiger charge is -2.31. The van der Waals surface area contributed by atoms with Crippen molar-refractivity contribution in [3.8, 4) is 0 Å². The largest absolute Gasteiger partial charge is 0.465 e. The van der Waals surface area contributed by atoms with E-state index in [1.807, 2.05) is 6.92 Å². The lowest BCUT2D eigenvalue weighted by Crippen LogP contribution is -2.37. The fourth-order valence-electron chi connectivity index (χ4n) is 1.89. The van der Waals surface area contributed by atoms with E-state index in [1.54, 1.807) is 0 Å². The Hall–Kier alpha value is -0.570. The average molecular weight is 199 g/mol. The molecule has 82 valence electrons. The zero-order valence-electron chi connectivity index (χ0n) is 9.29. The van der Waals surface area contributed by atoms with Crippen molar-refractivity contribution in [1.82, 2.24) is 4.90 Å². The van der Waals surface area contributed by atoms with Crippen molar-refractivity contribution in [2.75, 3.05) is 26.2 Å². The van der Waals surface area contributed by atoms with Gasteiger partial charge in [-0.1, -0.05) is 13.8 Å². The molecule has 0 aromatic carbocycles. The molecule has 0 spiro atoms. The Balaban J connectivity index is 2.20. The Morgan fingerprint density at radius 2 is 2.29 bits per heavy atom. The molecule has 0 amide bonds. The van der Waals surface area contributed by atoms with Gasteiger partial charge in [0.1, 0.15) is 0 Å². The minimum Gasteiger partial charge on any atom is -0.465 e. The van der Waals surface area contributed by atoms with Gasteiger partial charge in [0.25, 0.3) is 0 Å². The van der Waals surface area contributed by atoms with Crippen molar-refractivity contribution < 1.29 is 9.53 Å². The van der Waals surface area contributed by atoms with Gasteiger partial charge < -0.3 is 9.64 Å². The fourth-order valence-corrected chi connectivity index (χ4v) is 1.89. The molecule has 0 aromatic rings. The molecule has 0 bridgehead atoms. The van der Waals surface area contributed by atoms with Crippen molar-refractivity contribution >= 4 is 5.97 Å². The highest BCUT2D eigenvalue weighted by atomic mass is 16.5. The van der Waals surface area contributed by atoms with Crippen LogP contribution in [-0.4, -0.2) is 37.1 Å². The molecular formula is C11H21NO2. The number of likely N-dealkylation sites (tertiary alicyclic amines) is 1. The van der Waals surface area contributed by atoms with E-state index in [4.69, 9.17) is 4.74 Å². The summed E-state index contributed by atoms with van der Waals surface area (Å²) >= 11 is 0. The minimum absolute atomic E-state index is 0.0707. The summed E-state index contributed by atoms with van der Waals surface area (Å²) in [5.41, 5.74) is 0. The summed E-state index contributed by atoms with van der Waals surface area (Å²) in [4.78, 5) is 13.4. The standard InChI is InChI=1S/C11H21NO2/c1-3-11(13)14-9-10-6-5-7-12(4-2)8-10/h10H,3-9H2,1-2H3/t10-/m0/s1. The molecule has 1 aliphatic heterocycles. The van der Waals surface area contributed by atoms with Gasteiger partial charge in [-0.3, -0.25) is 4.79 Å². The van der Waals surface area contributed by atoms with E-state index in [2.05, 4.69) is 11.8 Å². The number of hydrogen-bond donors (Lipinski definition) is 0. The smallest absolute Gasteiger partial charge is 0.305 e. The Labute approximate surface area is 86.4 Å². The number of rotatable bonds is 4. The third-order valence-electron chi connectivity index (χ3n) is 2.82. The average Bonchev–Trinajstić information content (AvgIpc) is 2.26. The van der Waals surface area contributed by atoms with Gasteiger partial charge in [0.15, 0.2) is 0 Å². The third-order valence-corrected chi connectivity index (χ3v) is 2.82. The first-order chi connectivity index (χ1) is 6.76. The predicted molar refractivity (Wildman–Crippen MR) is 56.1 cm³/mol. The maximum Gasteiger partial charge on any atom is 0.305 e. The lowest BCUT2D eigenvalue weighted by atomic mass is 9.99. The van der Waals surface area contributed by atoms with Crippen LogP contribution in [0.2, 0.25) is 0 Å². The van der Waals surface area contributed by atoms with Crippen LogP contribution in [0.25, 0.3) is 0 Å². The predicted octanol–water partition coefficient (Wildman–Crippen LogP) is 1.67. The maximum absolute atomic E-state index is 11.0. The summed E-state index contributed by atoms with van der Waals surface area (Å²) in [7, 11) is 0. The van der Waals surface area contributed by atoms with Crippen molar-refractivity contribution in [2.45, 2.75) is 33.1 Å². The summed E-state index contributed by atoms with van der Waals surface area (Å²) < 4.78 is 5.16. The van der Waals surface area contributed by atoms with E-state index in [0.717, 1.165) is 13.1 Å². The molecule has 1 rings (SSSR count). The van der Waals surface area contributed by atoms with E-state index < -0.39 is 0 Å². The molecular weight excluding hydrogens is 178 g/mol. The first kappa shape index (κ1) is 11.5. The Bertz CT molecular complexity index is 182. The molecule has 0 radical (unpaired) electrons. The molecule has 0 aliphatic carbocycles. The van der Waals surface area contributed by atoms with Crippen molar-refractivity contribution in [3.05, 3.63) is 0 Å². The maximum atomic E-state index is 11.0. The van der Waals surface area contributed by atoms with Gasteiger partial charge in [-0.15, -0.1) is 0 Å². The van der Waals surface area contributed by atoms with Gasteiger partial charge in [0.05, 0.1) is 6.61 Å². The normalized spacial score (nSPS) is 23.4. The minimum atomic E-state index is -0.0707. The van der Waals surface area contributed by atoms with E-state index >= 15 is 0 Å². The Kier molecular flexibility index (Phi) is 4.94. The van der Waals surface area contributed by atoms with Crippen LogP contribution in [0.4, 0.5) is 0 Å². The van der Waals surface area contributed by atoms with Crippen LogP contribution in [0.1, 0.15) is 33.1 Å². The van der Waals surface area contributed by atoms with Crippen molar-refractivity contribution in [1.29, 1.82) is 0 Å². The van der Waals surface area contributed by atoms with E-state index in [9.17, 15) is 4.79 Å². The second-order valence-electron chi connectivity index (χ2n) is 3.94. The number of hydrogen-bond acceptors (Lipinski definition) is 3. The lowest BCUT2D eigenvalue weighted by molar-refractivity contribution is -0.145. The van der Waals surface area contributed by atoms with Crippen LogP contribution in [0.3, 0.4) is 0 Å². The quantitative estimate of drug-likeness (QED) is 0.645. The van der Waals surface area contributed by atoms with Gasteiger partial charge >= 0.3 is 5.97 Å². The molecule has 14 heavy (non-hydrogen) atoms. The van der Waals surface area contributed by atoms with Crippen LogP contribution in [0, 0.1) is 5.92 Å². The Morgan fingerprint density at radius 3 is 2.93 bits per heavy atom. The van der Waals surface area contributed by atoms with Crippen LogP contribution < -0.4 is 0 Å². The number of ether oxygens (including phenoxy) is 1. The van der Waals surface area contributed by atoms with Crippen LogP contribution >= 0.6 is 0 Å². The molecule has 1 aliphatic rings. The molecule has 0 saturated carbocycles. The van der Waals surface area contributed by atoms with Crippen LogP contribution in [0.5, 0.6) is 0 Å². The Morgan fingerprint density at radius 1 is 1.50 bits per heavy atom. The fraction of sp³-hybridized carbons (Fsp3) is 0.909.